The molecule has 1 rings (SSSR count). The summed E-state index contributed by atoms with van der Waals surface area (Å²) in [6.45, 7) is 0. The molecule has 1 saturated heterocycles. The van der Waals surface area contributed by atoms with Gasteiger partial charge in [-0.2, -0.15) is 0 Å². The van der Waals surface area contributed by atoms with E-state index in [1.54, 1.807) is 0 Å². The zero-order valence-corrected chi connectivity index (χ0v) is 6.34. The molecule has 0 atom stereocenters. The molecular weight excluding hydrogens is 246 g/mol. The van der Waals surface area contributed by atoms with Crippen molar-refractivity contribution in [2.75, 3.05) is 0 Å². The summed E-state index contributed by atoms with van der Waals surface area (Å²) in [7, 11) is 0. The van der Waals surface area contributed by atoms with Crippen molar-refractivity contribution >= 4 is 21.5 Å². The summed E-state index contributed by atoms with van der Waals surface area (Å²) >= 11 is -3.09. The first-order chi connectivity index (χ1) is 4.18. The molecule has 0 bridgehead atoms. The second kappa shape index (κ2) is 2.22. The van der Waals surface area contributed by atoms with Crippen molar-refractivity contribution in [2.45, 2.75) is 0 Å². The summed E-state index contributed by atoms with van der Waals surface area (Å²) in [6.07, 6.45) is 0. The van der Waals surface area contributed by atoms with Crippen molar-refractivity contribution < 1.29 is 19.5 Å². The Morgan fingerprint density at radius 1 is 1.67 bits per heavy atom. The van der Waals surface area contributed by atoms with Crippen molar-refractivity contribution in [1.29, 1.82) is 0 Å². The predicted molar refractivity (Wildman–Crippen MR) is 19.6 cm³/mol. The molecule has 9 heavy (non-hydrogen) atoms. The fourth-order valence-electron chi connectivity index (χ4n) is 0.199. The van der Waals surface area contributed by atoms with Gasteiger partial charge in [-0.1, -0.05) is 0 Å². The average molecular weight is 246 g/mol. The van der Waals surface area contributed by atoms with E-state index in [9.17, 15) is 15.0 Å². The van der Waals surface area contributed by atoms with Gasteiger partial charge in [0.2, 0.25) is 0 Å². The number of hydrogen-bond acceptors (Lipinski definition) is 6. The third-order valence-electron chi connectivity index (χ3n) is 0.400. The van der Waals surface area contributed by atoms with E-state index in [0.29, 0.717) is 0 Å². The Kier molecular flexibility index (Phi) is 1.56. The van der Waals surface area contributed by atoms with Crippen LogP contribution in [0.4, 0.5) is 0 Å². The maximum atomic E-state index is 9.71. The van der Waals surface area contributed by atoms with Crippen molar-refractivity contribution in [2.24, 2.45) is 0 Å². The van der Waals surface area contributed by atoms with Crippen LogP contribution in [0.2, 0.25) is 0 Å². The summed E-state index contributed by atoms with van der Waals surface area (Å²) in [4.78, 5) is 19.2. The molecule has 0 aromatic heterocycles. The van der Waals surface area contributed by atoms with Crippen LogP contribution in [0.1, 0.15) is 0 Å². The summed E-state index contributed by atoms with van der Waals surface area (Å²) in [5.41, 5.74) is 0. The van der Waals surface area contributed by atoms with E-state index >= 15 is 0 Å². The van der Waals surface area contributed by atoms with Crippen molar-refractivity contribution in [3.8, 4) is 0 Å². The molecule has 0 aliphatic carbocycles. The number of rotatable bonds is 2. The molecule has 0 saturated carbocycles. The SMILES string of the molecule is O=[N+]([O-])[O][Sb]1[O][N+](=O)[O]1. The zero-order valence-electron chi connectivity index (χ0n) is 3.79. The zero-order chi connectivity index (χ0) is 6.85. The van der Waals surface area contributed by atoms with E-state index in [1.807, 2.05) is 0 Å². The second-order valence-corrected chi connectivity index (χ2v) is 3.59. The van der Waals surface area contributed by atoms with Gasteiger partial charge in [0.05, 0.1) is 0 Å². The van der Waals surface area contributed by atoms with E-state index < -0.39 is 26.6 Å². The fourth-order valence-corrected chi connectivity index (χ4v) is 1.34. The molecule has 1 fully saturated rings. The van der Waals surface area contributed by atoms with Gasteiger partial charge in [0.15, 0.2) is 0 Å². The number of hydrogen-bond donors (Lipinski definition) is 0. The number of nitrogens with zero attached hydrogens (tertiary/aromatic N) is 2. The predicted octanol–water partition coefficient (Wildman–Crippen LogP) is -1.16. The minimum absolute atomic E-state index is 0.216. The first-order valence-corrected chi connectivity index (χ1v) is 4.77. The van der Waals surface area contributed by atoms with Gasteiger partial charge in [0, 0.05) is 0 Å². The van der Waals surface area contributed by atoms with Crippen LogP contribution in [0.3, 0.4) is 0 Å². The van der Waals surface area contributed by atoms with Crippen LogP contribution in [-0.4, -0.2) is 31.6 Å². The first kappa shape index (κ1) is 6.34. The Balaban J connectivity index is 2.18. The van der Waals surface area contributed by atoms with Crippen LogP contribution in [0.15, 0.2) is 0 Å². The molecule has 50 valence electrons. The van der Waals surface area contributed by atoms with Gasteiger partial charge in [-0.05, 0) is 0 Å². The van der Waals surface area contributed by atoms with E-state index in [4.69, 9.17) is 0 Å². The Morgan fingerprint density at radius 2 is 2.22 bits per heavy atom. The van der Waals surface area contributed by atoms with Gasteiger partial charge in [0.25, 0.3) is 0 Å². The standard InChI is InChI=1S/2NO3.Sb/c2*2-1(3)4;/q2*-1;+3. The van der Waals surface area contributed by atoms with Gasteiger partial charge in [-0.15, -0.1) is 0 Å². The summed E-state index contributed by atoms with van der Waals surface area (Å²) in [5, 5.41) is 8.20. The Morgan fingerprint density at radius 3 is 2.56 bits per heavy atom. The molecule has 9 heteroatoms. The van der Waals surface area contributed by atoms with Gasteiger partial charge in [0.1, 0.15) is 0 Å². The normalized spacial score (nSPS) is 17.1. The van der Waals surface area contributed by atoms with Crippen LogP contribution >= 0.6 is 0 Å². The Hall–Kier alpha value is -0.782. The van der Waals surface area contributed by atoms with E-state index in [-0.39, 0.29) is 5.09 Å². The molecule has 0 aromatic carbocycles. The monoisotopic (exact) mass is 245 g/mol. The fraction of sp³-hybridized carbons (Fsp3) is 0. The Labute approximate surface area is 56.5 Å². The van der Waals surface area contributed by atoms with Gasteiger partial charge < -0.3 is 0 Å². The molecule has 1 aliphatic rings. The third kappa shape index (κ3) is 1.56. The molecule has 0 spiro atoms. The summed E-state index contributed by atoms with van der Waals surface area (Å²) in [6, 6.07) is 0. The van der Waals surface area contributed by atoms with Crippen molar-refractivity contribution in [3.05, 3.63) is 15.0 Å². The molecule has 8 nitrogen and oxygen atoms in total. The van der Waals surface area contributed by atoms with Crippen LogP contribution < -0.4 is 0 Å². The quantitative estimate of drug-likeness (QED) is 0.346. The minimum atomic E-state index is -3.09. The Bertz CT molecular complexity index is 145. The maximum absolute atomic E-state index is 9.71. The molecule has 0 amide bonds. The summed E-state index contributed by atoms with van der Waals surface area (Å²) in [5.74, 6) is 0. The molecule has 1 heterocycles. The first-order valence-electron chi connectivity index (χ1n) is 1.64. The molecule has 0 unspecified atom stereocenters. The van der Waals surface area contributed by atoms with E-state index in [2.05, 4.69) is 9.35 Å². The van der Waals surface area contributed by atoms with Crippen LogP contribution in [0.25, 0.3) is 0 Å². The van der Waals surface area contributed by atoms with Crippen molar-refractivity contribution in [1.82, 2.24) is 0 Å². The second-order valence-electron chi connectivity index (χ2n) is 0.916. The molecular formula is N2O6Sb+. The average Bonchev–Trinajstić information content (AvgIpc) is 1.60. The van der Waals surface area contributed by atoms with Gasteiger partial charge >= 0.3 is 56.0 Å². The van der Waals surface area contributed by atoms with Crippen LogP contribution in [0, 0.1) is 15.0 Å². The molecule has 1 aliphatic heterocycles. The molecule has 0 aromatic rings. The van der Waals surface area contributed by atoms with E-state index in [1.165, 1.54) is 0 Å². The molecule has 0 N–H and O–H groups in total. The topological polar surface area (TPSA) is 90.9 Å². The molecule has 0 radical (unpaired) electrons. The summed E-state index contributed by atoms with van der Waals surface area (Å²) < 4.78 is 11.8. The van der Waals surface area contributed by atoms with Crippen LogP contribution in [-0.2, 0) is 9.35 Å². The van der Waals surface area contributed by atoms with Gasteiger partial charge in [-0.3, -0.25) is 0 Å². The van der Waals surface area contributed by atoms with Gasteiger partial charge in [-0.25, -0.2) is 0 Å². The van der Waals surface area contributed by atoms with Crippen LogP contribution in [0.5, 0.6) is 0 Å². The third-order valence-corrected chi connectivity index (χ3v) is 2.68. The van der Waals surface area contributed by atoms with E-state index in [0.717, 1.165) is 0 Å². The van der Waals surface area contributed by atoms with Crippen molar-refractivity contribution in [3.63, 3.8) is 0 Å².